The van der Waals surface area contributed by atoms with E-state index in [0.717, 1.165) is 17.0 Å². The topological polar surface area (TPSA) is 32.3 Å². The predicted molar refractivity (Wildman–Crippen MR) is 81.9 cm³/mol. The summed E-state index contributed by atoms with van der Waals surface area (Å²) in [6, 6.07) is 4.54. The average Bonchev–Trinajstić information content (AvgIpc) is 2.38. The van der Waals surface area contributed by atoms with Gasteiger partial charge in [0.2, 0.25) is 0 Å². The van der Waals surface area contributed by atoms with Crippen molar-refractivity contribution in [1.29, 1.82) is 0 Å². The van der Waals surface area contributed by atoms with Gasteiger partial charge in [-0.2, -0.15) is 0 Å². The number of aryl methyl sites for hydroxylation is 2. The van der Waals surface area contributed by atoms with E-state index in [4.69, 9.17) is 0 Å². The van der Waals surface area contributed by atoms with E-state index in [1.165, 1.54) is 44.2 Å². The molecule has 2 N–H and O–H groups in total. The molecule has 0 aromatic heterocycles. The van der Waals surface area contributed by atoms with Gasteiger partial charge in [0.05, 0.1) is 0 Å². The van der Waals surface area contributed by atoms with Crippen molar-refractivity contribution >= 4 is 5.69 Å². The highest BCUT2D eigenvalue weighted by molar-refractivity contribution is 5.57. The number of phenolic OH excluding ortho intramolecular Hbond substituents is 1. The van der Waals surface area contributed by atoms with Crippen molar-refractivity contribution < 1.29 is 5.11 Å². The van der Waals surface area contributed by atoms with E-state index in [9.17, 15) is 5.11 Å². The lowest BCUT2D eigenvalue weighted by atomic mass is 9.83. The van der Waals surface area contributed by atoms with Crippen LogP contribution in [0, 0.1) is 19.8 Å². The van der Waals surface area contributed by atoms with E-state index in [1.807, 2.05) is 13.0 Å². The first-order chi connectivity index (χ1) is 9.10. The number of rotatable bonds is 4. The van der Waals surface area contributed by atoms with Gasteiger partial charge in [-0.05, 0) is 68.7 Å². The van der Waals surface area contributed by atoms with Crippen LogP contribution in [0.5, 0.6) is 5.75 Å². The van der Waals surface area contributed by atoms with Crippen LogP contribution >= 0.6 is 0 Å². The van der Waals surface area contributed by atoms with Crippen molar-refractivity contribution in [3.8, 4) is 5.75 Å². The summed E-state index contributed by atoms with van der Waals surface area (Å²) >= 11 is 0. The van der Waals surface area contributed by atoms with Crippen molar-refractivity contribution in [1.82, 2.24) is 0 Å². The molecule has 0 unspecified atom stereocenters. The average molecular weight is 261 g/mol. The quantitative estimate of drug-likeness (QED) is 0.764. The van der Waals surface area contributed by atoms with Crippen molar-refractivity contribution in [2.45, 2.75) is 65.3 Å². The van der Waals surface area contributed by atoms with Crippen LogP contribution in [-0.2, 0) is 0 Å². The Hall–Kier alpha value is -1.18. The van der Waals surface area contributed by atoms with E-state index in [2.05, 4.69) is 25.2 Å². The molecular weight excluding hydrogens is 234 g/mol. The predicted octanol–water partition coefficient (Wildman–Crippen LogP) is 4.78. The molecule has 0 radical (unpaired) electrons. The minimum atomic E-state index is 0.398. The normalized spacial score (nSPS) is 23.3. The lowest BCUT2D eigenvalue weighted by molar-refractivity contribution is 0.319. The monoisotopic (exact) mass is 261 g/mol. The number of benzene rings is 1. The van der Waals surface area contributed by atoms with Gasteiger partial charge in [0.1, 0.15) is 5.75 Å². The van der Waals surface area contributed by atoms with Crippen LogP contribution in [0.4, 0.5) is 5.69 Å². The SMILES string of the molecule is CCCC1CCC(Nc2cc(C)c(O)cc2C)CC1. The van der Waals surface area contributed by atoms with Crippen LogP contribution in [0.1, 0.15) is 56.6 Å². The van der Waals surface area contributed by atoms with Crippen LogP contribution in [0.25, 0.3) is 0 Å². The molecule has 0 amide bonds. The van der Waals surface area contributed by atoms with Gasteiger partial charge in [-0.25, -0.2) is 0 Å². The molecule has 1 aliphatic rings. The van der Waals surface area contributed by atoms with Crippen molar-refractivity contribution in [2.75, 3.05) is 5.32 Å². The van der Waals surface area contributed by atoms with Crippen LogP contribution in [0.3, 0.4) is 0 Å². The molecule has 1 fully saturated rings. The summed E-state index contributed by atoms with van der Waals surface area (Å²) in [4.78, 5) is 0. The minimum absolute atomic E-state index is 0.398. The Morgan fingerprint density at radius 1 is 1.11 bits per heavy atom. The minimum Gasteiger partial charge on any atom is -0.508 e. The lowest BCUT2D eigenvalue weighted by Gasteiger charge is -2.30. The van der Waals surface area contributed by atoms with Crippen LogP contribution in [-0.4, -0.2) is 11.1 Å². The molecule has 1 aromatic rings. The molecule has 1 aliphatic carbocycles. The number of hydrogen-bond acceptors (Lipinski definition) is 2. The Labute approximate surface area is 117 Å². The van der Waals surface area contributed by atoms with Crippen LogP contribution in [0.2, 0.25) is 0 Å². The van der Waals surface area contributed by atoms with Gasteiger partial charge in [0, 0.05) is 11.7 Å². The Balaban J connectivity index is 1.94. The van der Waals surface area contributed by atoms with E-state index in [1.54, 1.807) is 0 Å². The van der Waals surface area contributed by atoms with E-state index < -0.39 is 0 Å². The zero-order chi connectivity index (χ0) is 13.8. The van der Waals surface area contributed by atoms with Crippen LogP contribution in [0.15, 0.2) is 12.1 Å². The Morgan fingerprint density at radius 3 is 2.42 bits per heavy atom. The fourth-order valence-corrected chi connectivity index (χ4v) is 3.18. The second kappa shape index (κ2) is 6.31. The molecule has 0 spiro atoms. The number of phenols is 1. The van der Waals surface area contributed by atoms with E-state index in [0.29, 0.717) is 11.8 Å². The van der Waals surface area contributed by atoms with Gasteiger partial charge in [-0.1, -0.05) is 19.8 Å². The van der Waals surface area contributed by atoms with E-state index in [-0.39, 0.29) is 0 Å². The second-order valence-electron chi connectivity index (χ2n) is 6.10. The molecule has 106 valence electrons. The smallest absolute Gasteiger partial charge is 0.118 e. The number of anilines is 1. The fourth-order valence-electron chi connectivity index (χ4n) is 3.18. The zero-order valence-corrected chi connectivity index (χ0v) is 12.5. The van der Waals surface area contributed by atoms with Crippen LogP contribution < -0.4 is 5.32 Å². The molecular formula is C17H27NO. The van der Waals surface area contributed by atoms with Gasteiger partial charge in [0.15, 0.2) is 0 Å². The molecule has 1 saturated carbocycles. The van der Waals surface area contributed by atoms with Crippen molar-refractivity contribution in [2.24, 2.45) is 5.92 Å². The van der Waals surface area contributed by atoms with E-state index >= 15 is 0 Å². The second-order valence-corrected chi connectivity index (χ2v) is 6.10. The molecule has 2 heteroatoms. The molecule has 2 rings (SSSR count). The van der Waals surface area contributed by atoms with Gasteiger partial charge >= 0.3 is 0 Å². The highest BCUT2D eigenvalue weighted by atomic mass is 16.3. The summed E-state index contributed by atoms with van der Waals surface area (Å²) < 4.78 is 0. The maximum atomic E-state index is 9.70. The number of nitrogens with one attached hydrogen (secondary N) is 1. The lowest BCUT2D eigenvalue weighted by Crippen LogP contribution is -2.26. The molecule has 0 heterocycles. The molecule has 1 aromatic carbocycles. The standard InChI is InChI=1S/C17H27NO/c1-4-5-14-6-8-15(9-7-14)18-16-10-13(3)17(19)11-12(16)2/h10-11,14-15,18-19H,4-9H2,1-3H3. The molecule has 0 aliphatic heterocycles. The maximum Gasteiger partial charge on any atom is 0.118 e. The van der Waals surface area contributed by atoms with Gasteiger partial charge in [-0.15, -0.1) is 0 Å². The zero-order valence-electron chi connectivity index (χ0n) is 12.5. The third-order valence-electron chi connectivity index (χ3n) is 4.45. The summed E-state index contributed by atoms with van der Waals surface area (Å²) in [5.41, 5.74) is 3.28. The summed E-state index contributed by atoms with van der Waals surface area (Å²) in [7, 11) is 0. The molecule has 0 saturated heterocycles. The third kappa shape index (κ3) is 3.65. The highest BCUT2D eigenvalue weighted by Crippen LogP contribution is 2.31. The first kappa shape index (κ1) is 14.2. The molecule has 19 heavy (non-hydrogen) atoms. The Morgan fingerprint density at radius 2 is 1.79 bits per heavy atom. The summed E-state index contributed by atoms with van der Waals surface area (Å²) in [5.74, 6) is 1.35. The largest absolute Gasteiger partial charge is 0.508 e. The summed E-state index contributed by atoms with van der Waals surface area (Å²) in [6.45, 7) is 6.30. The first-order valence-corrected chi connectivity index (χ1v) is 7.67. The van der Waals surface area contributed by atoms with Gasteiger partial charge < -0.3 is 10.4 Å². The summed E-state index contributed by atoms with van der Waals surface area (Å²) in [6.07, 6.45) is 8.00. The third-order valence-corrected chi connectivity index (χ3v) is 4.45. The van der Waals surface area contributed by atoms with Gasteiger partial charge in [0.25, 0.3) is 0 Å². The number of aromatic hydroxyl groups is 1. The fraction of sp³-hybridized carbons (Fsp3) is 0.647. The molecule has 0 atom stereocenters. The Kier molecular flexibility index (Phi) is 4.73. The number of hydrogen-bond donors (Lipinski definition) is 2. The molecule has 0 bridgehead atoms. The highest BCUT2D eigenvalue weighted by Gasteiger charge is 2.20. The first-order valence-electron chi connectivity index (χ1n) is 7.67. The van der Waals surface area contributed by atoms with Crippen molar-refractivity contribution in [3.63, 3.8) is 0 Å². The maximum absolute atomic E-state index is 9.70. The van der Waals surface area contributed by atoms with Crippen molar-refractivity contribution in [3.05, 3.63) is 23.3 Å². The van der Waals surface area contributed by atoms with Gasteiger partial charge in [-0.3, -0.25) is 0 Å². The summed E-state index contributed by atoms with van der Waals surface area (Å²) in [5, 5.41) is 13.4. The Bertz CT molecular complexity index is 420. The molecule has 2 nitrogen and oxygen atoms in total.